The Morgan fingerprint density at radius 1 is 1.67 bits per heavy atom. The molecular formula is C9H17N3. The molecule has 0 amide bonds. The van der Waals surface area contributed by atoms with Crippen LogP contribution in [-0.4, -0.2) is 18.6 Å². The molecule has 0 spiro atoms. The highest BCUT2D eigenvalue weighted by molar-refractivity contribution is 5.12. The van der Waals surface area contributed by atoms with Crippen molar-refractivity contribution in [3.63, 3.8) is 0 Å². The molecule has 1 aromatic rings. The lowest BCUT2D eigenvalue weighted by atomic mass is 10.1. The molecule has 0 aliphatic carbocycles. The molecule has 0 aromatic carbocycles. The first-order valence-corrected chi connectivity index (χ1v) is 4.37. The van der Waals surface area contributed by atoms with Crippen LogP contribution in [0.2, 0.25) is 0 Å². The minimum absolute atomic E-state index is 0.185. The standard InChI is InChI=1S/C9H17N3/c1-11-5-2-3-9(10)8-4-6-12-7-8/h4,6-7,9,11-12H,2-3,5,10H2,1H3. The lowest BCUT2D eigenvalue weighted by molar-refractivity contribution is 0.591. The molecule has 4 N–H and O–H groups in total. The first-order valence-electron chi connectivity index (χ1n) is 4.37. The first-order chi connectivity index (χ1) is 5.84. The van der Waals surface area contributed by atoms with Crippen molar-refractivity contribution in [3.8, 4) is 0 Å². The van der Waals surface area contributed by atoms with Gasteiger partial charge in [-0.05, 0) is 38.1 Å². The number of rotatable bonds is 5. The largest absolute Gasteiger partial charge is 0.367 e. The predicted molar refractivity (Wildman–Crippen MR) is 50.9 cm³/mol. The van der Waals surface area contributed by atoms with Crippen molar-refractivity contribution >= 4 is 0 Å². The zero-order valence-corrected chi connectivity index (χ0v) is 7.51. The van der Waals surface area contributed by atoms with Crippen LogP contribution in [0.1, 0.15) is 24.4 Å². The molecule has 0 aliphatic heterocycles. The van der Waals surface area contributed by atoms with Crippen LogP contribution < -0.4 is 11.1 Å². The molecule has 3 nitrogen and oxygen atoms in total. The predicted octanol–water partition coefficient (Wildman–Crippen LogP) is 1.01. The van der Waals surface area contributed by atoms with Crippen molar-refractivity contribution in [1.29, 1.82) is 0 Å². The highest BCUT2D eigenvalue weighted by Gasteiger charge is 2.04. The van der Waals surface area contributed by atoms with E-state index in [2.05, 4.69) is 10.3 Å². The normalized spacial score (nSPS) is 13.2. The summed E-state index contributed by atoms with van der Waals surface area (Å²) in [4.78, 5) is 3.01. The summed E-state index contributed by atoms with van der Waals surface area (Å²) in [6.45, 7) is 1.04. The van der Waals surface area contributed by atoms with Crippen LogP contribution >= 0.6 is 0 Å². The maximum Gasteiger partial charge on any atom is 0.0310 e. The van der Waals surface area contributed by atoms with Gasteiger partial charge in [-0.25, -0.2) is 0 Å². The van der Waals surface area contributed by atoms with E-state index in [0.717, 1.165) is 19.4 Å². The summed E-state index contributed by atoms with van der Waals surface area (Å²) in [6.07, 6.45) is 6.04. The maximum absolute atomic E-state index is 5.93. The van der Waals surface area contributed by atoms with E-state index >= 15 is 0 Å². The van der Waals surface area contributed by atoms with Gasteiger partial charge in [-0.15, -0.1) is 0 Å². The van der Waals surface area contributed by atoms with Crippen molar-refractivity contribution in [2.45, 2.75) is 18.9 Å². The van der Waals surface area contributed by atoms with Gasteiger partial charge in [-0.3, -0.25) is 0 Å². The van der Waals surface area contributed by atoms with Crippen LogP contribution in [0, 0.1) is 0 Å². The molecule has 68 valence electrons. The van der Waals surface area contributed by atoms with E-state index in [1.165, 1.54) is 5.56 Å². The van der Waals surface area contributed by atoms with Gasteiger partial charge in [-0.1, -0.05) is 0 Å². The molecular weight excluding hydrogens is 150 g/mol. The lowest BCUT2D eigenvalue weighted by Gasteiger charge is -2.08. The second-order valence-electron chi connectivity index (χ2n) is 3.00. The zero-order chi connectivity index (χ0) is 8.81. The summed E-state index contributed by atoms with van der Waals surface area (Å²) in [5.41, 5.74) is 7.13. The van der Waals surface area contributed by atoms with Crippen LogP contribution in [0.5, 0.6) is 0 Å². The van der Waals surface area contributed by atoms with Gasteiger partial charge in [0.15, 0.2) is 0 Å². The van der Waals surface area contributed by atoms with E-state index in [9.17, 15) is 0 Å². The van der Waals surface area contributed by atoms with E-state index in [-0.39, 0.29) is 6.04 Å². The van der Waals surface area contributed by atoms with Gasteiger partial charge in [0, 0.05) is 18.4 Å². The highest BCUT2D eigenvalue weighted by Crippen LogP contribution is 2.13. The Kier molecular flexibility index (Phi) is 3.84. The number of nitrogens with one attached hydrogen (secondary N) is 2. The highest BCUT2D eigenvalue weighted by atomic mass is 14.8. The lowest BCUT2D eigenvalue weighted by Crippen LogP contribution is -2.13. The van der Waals surface area contributed by atoms with Gasteiger partial charge >= 0.3 is 0 Å². The van der Waals surface area contributed by atoms with Crippen molar-refractivity contribution in [1.82, 2.24) is 10.3 Å². The summed E-state index contributed by atoms with van der Waals surface area (Å²) in [7, 11) is 1.96. The van der Waals surface area contributed by atoms with Crippen molar-refractivity contribution in [3.05, 3.63) is 24.0 Å². The van der Waals surface area contributed by atoms with Gasteiger partial charge in [0.25, 0.3) is 0 Å². The summed E-state index contributed by atoms with van der Waals surface area (Å²) >= 11 is 0. The Balaban J connectivity index is 2.25. The number of H-pyrrole nitrogens is 1. The SMILES string of the molecule is CNCCCC(N)c1cc[nH]c1. The van der Waals surface area contributed by atoms with Crippen LogP contribution in [0.3, 0.4) is 0 Å². The number of aromatic nitrogens is 1. The molecule has 0 fully saturated rings. The van der Waals surface area contributed by atoms with E-state index in [0.29, 0.717) is 0 Å². The Bertz CT molecular complexity index is 194. The average molecular weight is 167 g/mol. The number of hydrogen-bond donors (Lipinski definition) is 3. The minimum atomic E-state index is 0.185. The van der Waals surface area contributed by atoms with E-state index in [1.54, 1.807) is 0 Å². The fourth-order valence-electron chi connectivity index (χ4n) is 1.23. The second kappa shape index (κ2) is 4.95. The second-order valence-corrected chi connectivity index (χ2v) is 3.00. The Morgan fingerprint density at radius 2 is 2.50 bits per heavy atom. The summed E-state index contributed by atoms with van der Waals surface area (Å²) in [6, 6.07) is 2.22. The van der Waals surface area contributed by atoms with E-state index in [1.807, 2.05) is 25.5 Å². The molecule has 0 bridgehead atoms. The van der Waals surface area contributed by atoms with Crippen molar-refractivity contribution in [2.75, 3.05) is 13.6 Å². The molecule has 0 saturated carbocycles. The van der Waals surface area contributed by atoms with Crippen LogP contribution in [0.25, 0.3) is 0 Å². The molecule has 12 heavy (non-hydrogen) atoms. The molecule has 3 heteroatoms. The molecule has 1 rings (SSSR count). The van der Waals surface area contributed by atoms with Gasteiger partial charge in [-0.2, -0.15) is 0 Å². The minimum Gasteiger partial charge on any atom is -0.367 e. The Morgan fingerprint density at radius 3 is 3.08 bits per heavy atom. The fourth-order valence-corrected chi connectivity index (χ4v) is 1.23. The third kappa shape index (κ3) is 2.68. The van der Waals surface area contributed by atoms with Gasteiger partial charge in [0.05, 0.1) is 0 Å². The third-order valence-corrected chi connectivity index (χ3v) is 1.99. The van der Waals surface area contributed by atoms with Crippen molar-refractivity contribution < 1.29 is 0 Å². The molecule has 1 aromatic heterocycles. The topological polar surface area (TPSA) is 53.8 Å². The Hall–Kier alpha value is -0.800. The van der Waals surface area contributed by atoms with E-state index in [4.69, 9.17) is 5.73 Å². The van der Waals surface area contributed by atoms with Crippen LogP contribution in [-0.2, 0) is 0 Å². The van der Waals surface area contributed by atoms with Crippen molar-refractivity contribution in [2.24, 2.45) is 5.73 Å². The molecule has 1 heterocycles. The van der Waals surface area contributed by atoms with Crippen LogP contribution in [0.4, 0.5) is 0 Å². The van der Waals surface area contributed by atoms with Gasteiger partial charge in [0.2, 0.25) is 0 Å². The average Bonchev–Trinajstić information content (AvgIpc) is 2.56. The van der Waals surface area contributed by atoms with Gasteiger partial charge in [0.1, 0.15) is 0 Å². The fraction of sp³-hybridized carbons (Fsp3) is 0.556. The molecule has 0 aliphatic rings. The zero-order valence-electron chi connectivity index (χ0n) is 7.51. The van der Waals surface area contributed by atoms with E-state index < -0.39 is 0 Å². The summed E-state index contributed by atoms with van der Waals surface area (Å²) < 4.78 is 0. The maximum atomic E-state index is 5.93. The van der Waals surface area contributed by atoms with Crippen LogP contribution in [0.15, 0.2) is 18.5 Å². The smallest absolute Gasteiger partial charge is 0.0310 e. The molecule has 0 radical (unpaired) electrons. The molecule has 0 saturated heterocycles. The first kappa shape index (κ1) is 9.29. The number of hydrogen-bond acceptors (Lipinski definition) is 2. The quantitative estimate of drug-likeness (QED) is 0.573. The summed E-state index contributed by atoms with van der Waals surface area (Å²) in [5, 5.41) is 3.10. The Labute approximate surface area is 73.4 Å². The molecule has 1 atom stereocenters. The molecule has 1 unspecified atom stereocenters. The number of aromatic amines is 1. The number of nitrogens with two attached hydrogens (primary N) is 1. The monoisotopic (exact) mass is 167 g/mol. The third-order valence-electron chi connectivity index (χ3n) is 1.99. The summed E-state index contributed by atoms with van der Waals surface area (Å²) in [5.74, 6) is 0. The van der Waals surface area contributed by atoms with Gasteiger partial charge < -0.3 is 16.0 Å².